The Morgan fingerprint density at radius 2 is 1.93 bits per heavy atom. The molecule has 1 rings (SSSR count). The maximum Gasteiger partial charge on any atom is 0.416 e. The minimum absolute atomic E-state index is 0.165. The van der Waals surface area contributed by atoms with E-state index in [-0.39, 0.29) is 12.0 Å². The van der Waals surface area contributed by atoms with E-state index in [1.807, 2.05) is 0 Å². The summed E-state index contributed by atoms with van der Waals surface area (Å²) < 4.78 is 49.9. The molecule has 0 saturated heterocycles. The molecule has 0 saturated carbocycles. The first-order valence-electron chi connectivity index (χ1n) is 4.41. The molecule has 1 unspecified atom stereocenters. The molecule has 0 radical (unpaired) electrons. The molecule has 1 atom stereocenters. The summed E-state index contributed by atoms with van der Waals surface area (Å²) in [6.45, 7) is 1.56. The Labute approximate surface area is 84.3 Å². The van der Waals surface area contributed by atoms with Crippen molar-refractivity contribution in [2.75, 3.05) is 0 Å². The molecule has 1 nitrogen and oxygen atoms in total. The zero-order chi connectivity index (χ0) is 11.6. The van der Waals surface area contributed by atoms with Gasteiger partial charge in [-0.15, -0.1) is 0 Å². The standard InChI is InChI=1S/C10H10F4O/c1-2-9(15)7-5-6(10(12,13)14)3-4-8(7)11/h3-5,9,15H,2H2,1H3. The van der Waals surface area contributed by atoms with Crippen LogP contribution in [0.25, 0.3) is 0 Å². The number of benzene rings is 1. The summed E-state index contributed by atoms with van der Waals surface area (Å²) in [7, 11) is 0. The van der Waals surface area contributed by atoms with Gasteiger partial charge in [-0.3, -0.25) is 0 Å². The van der Waals surface area contributed by atoms with Crippen LogP contribution >= 0.6 is 0 Å². The van der Waals surface area contributed by atoms with Gasteiger partial charge in [0.2, 0.25) is 0 Å². The van der Waals surface area contributed by atoms with Crippen molar-refractivity contribution in [2.24, 2.45) is 0 Å². The van der Waals surface area contributed by atoms with E-state index in [0.29, 0.717) is 12.1 Å². The fraction of sp³-hybridized carbons (Fsp3) is 0.400. The average Bonchev–Trinajstić information content (AvgIpc) is 2.15. The zero-order valence-electron chi connectivity index (χ0n) is 7.98. The number of halogens is 4. The van der Waals surface area contributed by atoms with Crippen molar-refractivity contribution in [3.63, 3.8) is 0 Å². The first kappa shape index (κ1) is 12.0. The van der Waals surface area contributed by atoms with Gasteiger partial charge in [0, 0.05) is 5.56 Å². The highest BCUT2D eigenvalue weighted by molar-refractivity contribution is 5.28. The highest BCUT2D eigenvalue weighted by Crippen LogP contribution is 2.32. The van der Waals surface area contributed by atoms with Gasteiger partial charge in [0.05, 0.1) is 11.7 Å². The zero-order valence-corrected chi connectivity index (χ0v) is 7.98. The van der Waals surface area contributed by atoms with E-state index in [1.165, 1.54) is 0 Å². The van der Waals surface area contributed by atoms with Crippen LogP contribution in [0.1, 0.15) is 30.6 Å². The number of aliphatic hydroxyl groups excluding tert-OH is 1. The lowest BCUT2D eigenvalue weighted by Gasteiger charge is -2.12. The molecule has 0 amide bonds. The average molecular weight is 222 g/mol. The molecule has 0 bridgehead atoms. The van der Waals surface area contributed by atoms with Gasteiger partial charge in [0.25, 0.3) is 0 Å². The van der Waals surface area contributed by atoms with E-state index in [0.717, 1.165) is 6.07 Å². The molecule has 1 N–H and O–H groups in total. The van der Waals surface area contributed by atoms with Crippen LogP contribution in [-0.2, 0) is 6.18 Å². The Hall–Kier alpha value is -1.10. The van der Waals surface area contributed by atoms with Crippen molar-refractivity contribution in [2.45, 2.75) is 25.6 Å². The summed E-state index contributed by atoms with van der Waals surface area (Å²) in [5, 5.41) is 9.29. The van der Waals surface area contributed by atoms with Crippen LogP contribution < -0.4 is 0 Å². The van der Waals surface area contributed by atoms with Gasteiger partial charge in [0.1, 0.15) is 5.82 Å². The van der Waals surface area contributed by atoms with Gasteiger partial charge in [-0.1, -0.05) is 6.92 Å². The van der Waals surface area contributed by atoms with Gasteiger partial charge in [0.15, 0.2) is 0 Å². The van der Waals surface area contributed by atoms with Crippen molar-refractivity contribution in [3.05, 3.63) is 35.1 Å². The fourth-order valence-electron chi connectivity index (χ4n) is 1.20. The van der Waals surface area contributed by atoms with E-state index in [2.05, 4.69) is 0 Å². The van der Waals surface area contributed by atoms with Crippen molar-refractivity contribution < 1.29 is 22.7 Å². The summed E-state index contributed by atoms with van der Waals surface area (Å²) in [6.07, 6.45) is -5.55. The molecule has 84 valence electrons. The predicted octanol–water partition coefficient (Wildman–Crippen LogP) is 3.29. The largest absolute Gasteiger partial charge is 0.416 e. The number of hydrogen-bond acceptors (Lipinski definition) is 1. The molecule has 1 aromatic carbocycles. The van der Waals surface area contributed by atoms with Gasteiger partial charge >= 0.3 is 6.18 Å². The van der Waals surface area contributed by atoms with Crippen LogP contribution in [0.15, 0.2) is 18.2 Å². The first-order valence-corrected chi connectivity index (χ1v) is 4.41. The van der Waals surface area contributed by atoms with Gasteiger partial charge in [-0.05, 0) is 24.6 Å². The summed E-state index contributed by atoms with van der Waals surface area (Å²) in [5.74, 6) is -0.822. The molecule has 0 fully saturated rings. The lowest BCUT2D eigenvalue weighted by molar-refractivity contribution is -0.137. The molecular weight excluding hydrogens is 212 g/mol. The highest BCUT2D eigenvalue weighted by Gasteiger charge is 2.31. The maximum atomic E-state index is 13.1. The van der Waals surface area contributed by atoms with Crippen molar-refractivity contribution >= 4 is 0 Å². The summed E-state index contributed by atoms with van der Waals surface area (Å²) >= 11 is 0. The Morgan fingerprint density at radius 3 is 2.40 bits per heavy atom. The third-order valence-electron chi connectivity index (χ3n) is 2.07. The van der Waals surface area contributed by atoms with E-state index in [4.69, 9.17) is 0 Å². The second-order valence-electron chi connectivity index (χ2n) is 3.16. The number of hydrogen-bond donors (Lipinski definition) is 1. The summed E-state index contributed by atoms with van der Waals surface area (Å²) in [5.41, 5.74) is -1.27. The van der Waals surface area contributed by atoms with Crippen LogP contribution in [-0.4, -0.2) is 5.11 Å². The third-order valence-corrected chi connectivity index (χ3v) is 2.07. The smallest absolute Gasteiger partial charge is 0.388 e. The van der Waals surface area contributed by atoms with Gasteiger partial charge in [-0.25, -0.2) is 4.39 Å². The first-order chi connectivity index (χ1) is 6.86. The second-order valence-corrected chi connectivity index (χ2v) is 3.16. The Balaban J connectivity index is 3.17. The monoisotopic (exact) mass is 222 g/mol. The number of alkyl halides is 3. The minimum Gasteiger partial charge on any atom is -0.388 e. The van der Waals surface area contributed by atoms with Crippen LogP contribution in [0.4, 0.5) is 17.6 Å². The normalized spacial score (nSPS) is 14.0. The van der Waals surface area contributed by atoms with Gasteiger partial charge < -0.3 is 5.11 Å². The Bertz CT molecular complexity index is 346. The maximum absolute atomic E-state index is 13.1. The SMILES string of the molecule is CCC(O)c1cc(C(F)(F)F)ccc1F. The van der Waals surface area contributed by atoms with E-state index in [1.54, 1.807) is 6.92 Å². The molecule has 0 aliphatic rings. The highest BCUT2D eigenvalue weighted by atomic mass is 19.4. The van der Waals surface area contributed by atoms with Crippen molar-refractivity contribution in [1.82, 2.24) is 0 Å². The predicted molar refractivity (Wildman–Crippen MR) is 46.7 cm³/mol. The van der Waals surface area contributed by atoms with Crippen LogP contribution in [0, 0.1) is 5.82 Å². The van der Waals surface area contributed by atoms with Crippen LogP contribution in [0.5, 0.6) is 0 Å². The minimum atomic E-state index is -4.52. The molecule has 0 heterocycles. The topological polar surface area (TPSA) is 20.2 Å². The lowest BCUT2D eigenvalue weighted by atomic mass is 10.0. The molecule has 15 heavy (non-hydrogen) atoms. The van der Waals surface area contributed by atoms with E-state index in [9.17, 15) is 22.7 Å². The van der Waals surface area contributed by atoms with Crippen molar-refractivity contribution in [1.29, 1.82) is 0 Å². The van der Waals surface area contributed by atoms with E-state index >= 15 is 0 Å². The summed E-state index contributed by atoms with van der Waals surface area (Å²) in [6, 6.07) is 2.02. The molecule has 0 aliphatic heterocycles. The number of aliphatic hydroxyl groups is 1. The Kier molecular flexibility index (Phi) is 3.34. The summed E-state index contributed by atoms with van der Waals surface area (Å²) in [4.78, 5) is 0. The second kappa shape index (κ2) is 4.18. The molecular formula is C10H10F4O. The lowest BCUT2D eigenvalue weighted by Crippen LogP contribution is -2.08. The molecule has 0 aromatic heterocycles. The van der Waals surface area contributed by atoms with Crippen molar-refractivity contribution in [3.8, 4) is 0 Å². The van der Waals surface area contributed by atoms with Crippen LogP contribution in [0.3, 0.4) is 0 Å². The molecule has 0 spiro atoms. The molecule has 0 aliphatic carbocycles. The Morgan fingerprint density at radius 1 is 1.33 bits per heavy atom. The molecule has 1 aromatic rings. The van der Waals surface area contributed by atoms with Gasteiger partial charge in [-0.2, -0.15) is 13.2 Å². The van der Waals surface area contributed by atoms with Crippen LogP contribution in [0.2, 0.25) is 0 Å². The third kappa shape index (κ3) is 2.68. The number of rotatable bonds is 2. The molecule has 5 heteroatoms. The fourth-order valence-corrected chi connectivity index (χ4v) is 1.20. The van der Waals surface area contributed by atoms with E-state index < -0.39 is 23.7 Å². The quantitative estimate of drug-likeness (QED) is 0.761.